The lowest BCUT2D eigenvalue weighted by atomic mass is 10.0. The van der Waals surface area contributed by atoms with Crippen LogP contribution in [0, 0.1) is 0 Å². The highest BCUT2D eigenvalue weighted by atomic mass is 35.5. The van der Waals surface area contributed by atoms with Gasteiger partial charge in [-0.15, -0.1) is 23.1 Å². The molecule has 0 aliphatic carbocycles. The van der Waals surface area contributed by atoms with Gasteiger partial charge in [0.25, 0.3) is 11.8 Å². The topological polar surface area (TPSA) is 184 Å². The normalized spacial score (nSPS) is 21.0. The zero-order valence-corrected chi connectivity index (χ0v) is 18.8. The minimum Gasteiger partial charge on any atom is -0.477 e. The molecular formula is C16H12ClN7O5S3. The molecule has 1 unspecified atom stereocenters. The van der Waals surface area contributed by atoms with Crippen molar-refractivity contribution in [1.82, 2.24) is 24.6 Å². The Hall–Kier alpha value is -3.01. The Bertz CT molecular complexity index is 1210. The molecule has 0 radical (unpaired) electrons. The first kappa shape index (κ1) is 22.2. The fraction of sp³-hybridized carbons (Fsp3) is 0.188. The number of carbonyl (C=O) groups is 3. The van der Waals surface area contributed by atoms with Crippen molar-refractivity contribution >= 4 is 80.9 Å². The van der Waals surface area contributed by atoms with E-state index in [0.717, 1.165) is 16.4 Å². The number of carboxylic acids is 1. The van der Waals surface area contributed by atoms with Gasteiger partial charge in [0.05, 0.1) is 10.4 Å². The van der Waals surface area contributed by atoms with Crippen molar-refractivity contribution in [2.45, 2.75) is 11.4 Å². The van der Waals surface area contributed by atoms with Crippen molar-refractivity contribution in [2.75, 3.05) is 11.5 Å². The summed E-state index contributed by atoms with van der Waals surface area (Å²) in [6.45, 7) is 0. The first-order chi connectivity index (χ1) is 15.3. The minimum atomic E-state index is -1.27. The molecule has 0 spiro atoms. The molecule has 16 heteroatoms. The number of nitrogen functional groups attached to an aromatic ring is 1. The summed E-state index contributed by atoms with van der Waals surface area (Å²) in [6.07, 6.45) is 3.22. The van der Waals surface area contributed by atoms with Gasteiger partial charge in [0.15, 0.2) is 5.13 Å². The maximum absolute atomic E-state index is 12.7. The summed E-state index contributed by atoms with van der Waals surface area (Å²) in [4.78, 5) is 46.6. The number of aliphatic carboxylic acids is 1. The molecule has 1 fully saturated rings. The van der Waals surface area contributed by atoms with Gasteiger partial charge in [-0.05, 0) is 11.6 Å². The van der Waals surface area contributed by atoms with Gasteiger partial charge < -0.3 is 21.4 Å². The van der Waals surface area contributed by atoms with E-state index in [4.69, 9.17) is 17.3 Å². The van der Waals surface area contributed by atoms with Crippen LogP contribution in [0.1, 0.15) is 10.7 Å². The molecule has 5 N–H and O–H groups in total. The van der Waals surface area contributed by atoms with E-state index in [2.05, 4.69) is 24.8 Å². The molecule has 2 aromatic heterocycles. The molecule has 2 amide bonds. The number of nitrogens with one attached hydrogen (secondary N) is 1. The lowest BCUT2D eigenvalue weighted by molar-refractivity contribution is -0.150. The Labute approximate surface area is 196 Å². The number of β-lactam (4-membered cyclic amide) rings is 1. The molecule has 0 aromatic carbocycles. The molecule has 0 saturated carbocycles. The van der Waals surface area contributed by atoms with Crippen LogP contribution in [0.3, 0.4) is 0 Å². The van der Waals surface area contributed by atoms with Crippen LogP contribution < -0.4 is 11.1 Å². The van der Waals surface area contributed by atoms with Gasteiger partial charge in [0.1, 0.15) is 22.3 Å². The number of rotatable bonds is 6. The van der Waals surface area contributed by atoms with Gasteiger partial charge in [0.2, 0.25) is 11.5 Å². The highest BCUT2D eigenvalue weighted by Gasteiger charge is 2.54. The maximum atomic E-state index is 12.7. The van der Waals surface area contributed by atoms with Crippen LogP contribution in [0.5, 0.6) is 0 Å². The number of hydrogen-bond acceptors (Lipinski definition) is 12. The summed E-state index contributed by atoms with van der Waals surface area (Å²) in [6, 6.07) is -1.02. The van der Waals surface area contributed by atoms with Crippen LogP contribution in [0.15, 0.2) is 28.0 Å². The first-order valence-electron chi connectivity index (χ1n) is 8.62. The number of aromatic nitrogens is 3. The zero-order valence-electron chi connectivity index (χ0n) is 15.6. The standard InChI is InChI=1S/C16H12ClN7O5S3/c17-10-6(31-4-19-10)2-1-5-3-30-14-8(13(26)24(14)9(5)15(27)28)20-12(25)7(22-29)11-21-16(18)32-23-11/h1-2,4,8,14,29H,3H2,(H,20,25)(H,27,28)(H2,18,21,23)/t8?,14-/m0/s1. The van der Waals surface area contributed by atoms with Crippen molar-refractivity contribution < 1.29 is 24.7 Å². The molecule has 166 valence electrons. The molecule has 2 aliphatic rings. The van der Waals surface area contributed by atoms with E-state index in [1.165, 1.54) is 23.1 Å². The Morgan fingerprint density at radius 3 is 2.78 bits per heavy atom. The van der Waals surface area contributed by atoms with Gasteiger partial charge in [-0.2, -0.15) is 9.36 Å². The molecule has 4 rings (SSSR count). The number of halogens is 1. The van der Waals surface area contributed by atoms with Crippen molar-refractivity contribution in [3.8, 4) is 0 Å². The lowest BCUT2D eigenvalue weighted by Gasteiger charge is -2.49. The summed E-state index contributed by atoms with van der Waals surface area (Å²) >= 11 is 9.33. The predicted molar refractivity (Wildman–Crippen MR) is 118 cm³/mol. The van der Waals surface area contributed by atoms with E-state index in [0.29, 0.717) is 15.6 Å². The number of anilines is 1. The minimum absolute atomic E-state index is 0.0686. The summed E-state index contributed by atoms with van der Waals surface area (Å²) in [5.74, 6) is -2.69. The second kappa shape index (κ2) is 8.85. The summed E-state index contributed by atoms with van der Waals surface area (Å²) < 4.78 is 3.80. The molecule has 12 nitrogen and oxygen atoms in total. The summed E-state index contributed by atoms with van der Waals surface area (Å²) in [5, 5.41) is 23.9. The molecule has 4 heterocycles. The molecule has 1 saturated heterocycles. The van der Waals surface area contributed by atoms with Gasteiger partial charge in [0, 0.05) is 17.3 Å². The van der Waals surface area contributed by atoms with E-state index in [1.54, 1.807) is 17.7 Å². The average molecular weight is 514 g/mol. The maximum Gasteiger partial charge on any atom is 0.352 e. The number of nitrogens with zero attached hydrogens (tertiary/aromatic N) is 5. The third kappa shape index (κ3) is 3.94. The van der Waals surface area contributed by atoms with Crippen LogP contribution >= 0.6 is 46.2 Å². The SMILES string of the molecule is Nc1nc(C(=NO)C(=O)NC2C(=O)N3C(C(=O)O)=C(C=Cc4scnc4Cl)CS[C@@H]23)ns1. The van der Waals surface area contributed by atoms with Gasteiger partial charge >= 0.3 is 5.97 Å². The zero-order chi connectivity index (χ0) is 23.0. The number of amides is 2. The van der Waals surface area contributed by atoms with Crippen molar-refractivity contribution in [1.29, 1.82) is 0 Å². The number of fused-ring (bicyclic) bond motifs is 1. The molecular weight excluding hydrogens is 502 g/mol. The van der Waals surface area contributed by atoms with E-state index < -0.39 is 34.9 Å². The molecule has 2 aliphatic heterocycles. The quantitative estimate of drug-likeness (QED) is 0.187. The van der Waals surface area contributed by atoms with Crippen LogP contribution in [0.25, 0.3) is 6.08 Å². The summed E-state index contributed by atoms with van der Waals surface area (Å²) in [5.41, 5.74) is 6.77. The average Bonchev–Trinajstić information content (AvgIpc) is 3.37. The second-order valence-electron chi connectivity index (χ2n) is 6.29. The number of thiazole rings is 1. The van der Waals surface area contributed by atoms with Crippen LogP contribution in [-0.2, 0) is 14.4 Å². The number of hydrogen-bond donors (Lipinski definition) is 4. The van der Waals surface area contributed by atoms with Gasteiger partial charge in [-0.3, -0.25) is 14.5 Å². The van der Waals surface area contributed by atoms with Gasteiger partial charge in [-0.1, -0.05) is 22.8 Å². The van der Waals surface area contributed by atoms with E-state index in [9.17, 15) is 24.7 Å². The third-order valence-corrected chi connectivity index (χ3v) is 7.49. The van der Waals surface area contributed by atoms with Crippen LogP contribution in [0.4, 0.5) is 5.13 Å². The Morgan fingerprint density at radius 2 is 2.19 bits per heavy atom. The van der Waals surface area contributed by atoms with Crippen LogP contribution in [-0.4, -0.2) is 70.2 Å². The van der Waals surface area contributed by atoms with E-state index >= 15 is 0 Å². The number of allylic oxidation sites excluding steroid dienone is 1. The fourth-order valence-electron chi connectivity index (χ4n) is 3.03. The highest BCUT2D eigenvalue weighted by Crippen LogP contribution is 2.41. The predicted octanol–water partition coefficient (Wildman–Crippen LogP) is 0.861. The Balaban J connectivity index is 1.53. The number of carbonyl (C=O) groups excluding carboxylic acids is 2. The number of thioether (sulfide) groups is 1. The monoisotopic (exact) mass is 513 g/mol. The van der Waals surface area contributed by atoms with Crippen molar-refractivity contribution in [3.63, 3.8) is 0 Å². The molecule has 0 bridgehead atoms. The van der Waals surface area contributed by atoms with E-state index in [1.807, 2.05) is 0 Å². The molecule has 2 atom stereocenters. The van der Waals surface area contributed by atoms with Gasteiger partial charge in [-0.25, -0.2) is 9.78 Å². The molecule has 32 heavy (non-hydrogen) atoms. The third-order valence-electron chi connectivity index (χ3n) is 4.44. The lowest BCUT2D eigenvalue weighted by Crippen LogP contribution is -2.71. The van der Waals surface area contributed by atoms with Crippen LogP contribution in [0.2, 0.25) is 5.15 Å². The molecule has 2 aromatic rings. The summed E-state index contributed by atoms with van der Waals surface area (Å²) in [7, 11) is 0. The number of nitrogens with two attached hydrogens (primary N) is 1. The number of carboxylic acid groups (broad SMARTS) is 1. The smallest absolute Gasteiger partial charge is 0.352 e. The largest absolute Gasteiger partial charge is 0.477 e. The van der Waals surface area contributed by atoms with E-state index in [-0.39, 0.29) is 22.4 Å². The fourth-order valence-corrected chi connectivity index (χ4v) is 5.65. The van der Waals surface area contributed by atoms with Crippen molar-refractivity contribution in [2.24, 2.45) is 5.16 Å². The highest BCUT2D eigenvalue weighted by molar-refractivity contribution is 8.00. The Kier molecular flexibility index (Phi) is 6.14. The Morgan fingerprint density at radius 1 is 1.41 bits per heavy atom. The first-order valence-corrected chi connectivity index (χ1v) is 11.7. The second-order valence-corrected chi connectivity index (χ2v) is 9.42. The van der Waals surface area contributed by atoms with Crippen molar-refractivity contribution in [3.05, 3.63) is 38.7 Å². The number of oxime groups is 1.